The molecule has 4 nitrogen and oxygen atoms in total. The molecule has 0 bridgehead atoms. The maximum absolute atomic E-state index is 4.65. The zero-order valence-electron chi connectivity index (χ0n) is 13.7. The number of nitrogens with one attached hydrogen (secondary N) is 1. The van der Waals surface area contributed by atoms with E-state index in [1.807, 2.05) is 10.9 Å². The number of pyridine rings is 1. The zero-order valence-corrected chi connectivity index (χ0v) is 13.7. The van der Waals surface area contributed by atoms with Gasteiger partial charge in [0.05, 0.1) is 17.4 Å². The normalized spacial score (nSPS) is 12.9. The molecule has 0 saturated carbocycles. The van der Waals surface area contributed by atoms with Crippen molar-refractivity contribution in [1.82, 2.24) is 20.1 Å². The summed E-state index contributed by atoms with van der Waals surface area (Å²) in [4.78, 5) is 4.64. The summed E-state index contributed by atoms with van der Waals surface area (Å²) in [6, 6.07) is 4.91. The Balaban J connectivity index is 2.21. The molecular weight excluding hydrogens is 260 g/mol. The number of rotatable bonds is 6. The van der Waals surface area contributed by atoms with Gasteiger partial charge in [-0.1, -0.05) is 13.0 Å². The predicted molar refractivity (Wildman–Crippen MR) is 86.4 cm³/mol. The number of likely N-dealkylation sites (N-methyl/N-ethyl adjacent to an activating group) is 1. The average Bonchev–Trinajstić information content (AvgIpc) is 2.87. The third kappa shape index (κ3) is 3.91. The van der Waals surface area contributed by atoms with Crippen molar-refractivity contribution in [3.05, 3.63) is 47.0 Å². The van der Waals surface area contributed by atoms with Crippen LogP contribution in [0.5, 0.6) is 0 Å². The fourth-order valence-electron chi connectivity index (χ4n) is 2.59. The SMILES string of the molecule is CCNC(Cc1ccn(C(C)C)n1)c1ncc(C)cc1C. The van der Waals surface area contributed by atoms with E-state index >= 15 is 0 Å². The maximum atomic E-state index is 4.65. The lowest BCUT2D eigenvalue weighted by Crippen LogP contribution is -2.25. The van der Waals surface area contributed by atoms with E-state index in [2.05, 4.69) is 68.3 Å². The van der Waals surface area contributed by atoms with Crippen LogP contribution in [0, 0.1) is 13.8 Å². The van der Waals surface area contributed by atoms with Gasteiger partial charge in [0, 0.05) is 24.9 Å². The molecule has 2 aromatic rings. The Hall–Kier alpha value is -1.68. The summed E-state index contributed by atoms with van der Waals surface area (Å²) in [6.07, 6.45) is 4.86. The van der Waals surface area contributed by atoms with E-state index in [4.69, 9.17) is 0 Å². The van der Waals surface area contributed by atoms with E-state index in [1.54, 1.807) is 0 Å². The topological polar surface area (TPSA) is 42.7 Å². The van der Waals surface area contributed by atoms with Crippen molar-refractivity contribution in [2.75, 3.05) is 6.54 Å². The van der Waals surface area contributed by atoms with Crippen LogP contribution in [0.2, 0.25) is 0 Å². The van der Waals surface area contributed by atoms with Gasteiger partial charge in [0.25, 0.3) is 0 Å². The largest absolute Gasteiger partial charge is 0.309 e. The van der Waals surface area contributed by atoms with Crippen LogP contribution in [-0.4, -0.2) is 21.3 Å². The molecule has 114 valence electrons. The van der Waals surface area contributed by atoms with Gasteiger partial charge in [-0.3, -0.25) is 9.67 Å². The lowest BCUT2D eigenvalue weighted by atomic mass is 10.0. The molecule has 2 heterocycles. The molecule has 4 heteroatoms. The number of aryl methyl sites for hydroxylation is 2. The van der Waals surface area contributed by atoms with E-state index in [0.29, 0.717) is 6.04 Å². The molecule has 0 aliphatic heterocycles. The molecule has 0 aliphatic carbocycles. The quantitative estimate of drug-likeness (QED) is 0.885. The summed E-state index contributed by atoms with van der Waals surface area (Å²) in [5, 5.41) is 8.19. The minimum absolute atomic E-state index is 0.214. The molecule has 2 aromatic heterocycles. The van der Waals surface area contributed by atoms with Gasteiger partial charge in [0.2, 0.25) is 0 Å². The Labute approximate surface area is 127 Å². The van der Waals surface area contributed by atoms with Crippen LogP contribution in [0.15, 0.2) is 24.5 Å². The predicted octanol–water partition coefficient (Wildman–Crippen LogP) is 3.37. The molecule has 0 fully saturated rings. The van der Waals surface area contributed by atoms with Crippen molar-refractivity contribution < 1.29 is 0 Å². The first-order valence-corrected chi connectivity index (χ1v) is 7.71. The van der Waals surface area contributed by atoms with Crippen LogP contribution in [0.1, 0.15) is 55.4 Å². The number of hydrogen-bond acceptors (Lipinski definition) is 3. The van der Waals surface area contributed by atoms with Crippen LogP contribution in [0.4, 0.5) is 0 Å². The van der Waals surface area contributed by atoms with E-state index in [-0.39, 0.29) is 6.04 Å². The molecule has 1 unspecified atom stereocenters. The lowest BCUT2D eigenvalue weighted by Gasteiger charge is -2.18. The monoisotopic (exact) mass is 286 g/mol. The first-order valence-electron chi connectivity index (χ1n) is 7.71. The highest BCUT2D eigenvalue weighted by molar-refractivity contribution is 5.26. The second-order valence-corrected chi connectivity index (χ2v) is 5.91. The number of hydrogen-bond donors (Lipinski definition) is 1. The van der Waals surface area contributed by atoms with Crippen LogP contribution in [0.25, 0.3) is 0 Å². The summed E-state index contributed by atoms with van der Waals surface area (Å²) in [6.45, 7) is 11.5. The fraction of sp³-hybridized carbons (Fsp3) is 0.529. The standard InChI is InChI=1S/C17H26N4/c1-6-18-16(17-14(5)9-13(4)11-19-17)10-15-7-8-21(20-15)12(2)3/h7-9,11-12,16,18H,6,10H2,1-5H3. The molecule has 2 rings (SSSR count). The second-order valence-electron chi connectivity index (χ2n) is 5.91. The van der Waals surface area contributed by atoms with Crippen LogP contribution in [0.3, 0.4) is 0 Å². The third-order valence-corrected chi connectivity index (χ3v) is 3.64. The van der Waals surface area contributed by atoms with Crippen LogP contribution in [-0.2, 0) is 6.42 Å². The Kier molecular flexibility index (Phi) is 5.12. The summed E-state index contributed by atoms with van der Waals surface area (Å²) in [7, 11) is 0. The van der Waals surface area contributed by atoms with E-state index < -0.39 is 0 Å². The smallest absolute Gasteiger partial charge is 0.0644 e. The van der Waals surface area contributed by atoms with E-state index in [0.717, 1.165) is 24.4 Å². The van der Waals surface area contributed by atoms with Gasteiger partial charge in [0.15, 0.2) is 0 Å². The first-order chi connectivity index (χ1) is 10.0. The molecular formula is C17H26N4. The highest BCUT2D eigenvalue weighted by Gasteiger charge is 2.16. The molecule has 0 aliphatic rings. The van der Waals surface area contributed by atoms with Crippen molar-refractivity contribution in [3.8, 4) is 0 Å². The van der Waals surface area contributed by atoms with Gasteiger partial charge < -0.3 is 5.32 Å². The molecule has 0 saturated heterocycles. The minimum atomic E-state index is 0.214. The lowest BCUT2D eigenvalue weighted by molar-refractivity contribution is 0.500. The minimum Gasteiger partial charge on any atom is -0.309 e. The van der Waals surface area contributed by atoms with Gasteiger partial charge in [0.1, 0.15) is 0 Å². The molecule has 1 atom stereocenters. The fourth-order valence-corrected chi connectivity index (χ4v) is 2.59. The molecule has 0 aromatic carbocycles. The Bertz CT molecular complexity index is 586. The van der Waals surface area contributed by atoms with E-state index in [1.165, 1.54) is 11.1 Å². The second kappa shape index (κ2) is 6.85. The summed E-state index contributed by atoms with van der Waals surface area (Å²) in [5.74, 6) is 0. The molecule has 0 radical (unpaired) electrons. The van der Waals surface area contributed by atoms with Crippen molar-refractivity contribution in [3.63, 3.8) is 0 Å². The summed E-state index contributed by atoms with van der Waals surface area (Å²) in [5.41, 5.74) is 4.68. The van der Waals surface area contributed by atoms with Gasteiger partial charge >= 0.3 is 0 Å². The summed E-state index contributed by atoms with van der Waals surface area (Å²) < 4.78 is 2.01. The molecule has 0 spiro atoms. The molecule has 0 amide bonds. The van der Waals surface area contributed by atoms with E-state index in [9.17, 15) is 0 Å². The number of aromatic nitrogens is 3. The van der Waals surface area contributed by atoms with Gasteiger partial charge in [-0.2, -0.15) is 5.10 Å². The van der Waals surface area contributed by atoms with Crippen molar-refractivity contribution in [1.29, 1.82) is 0 Å². The maximum Gasteiger partial charge on any atom is 0.0644 e. The van der Waals surface area contributed by atoms with Crippen LogP contribution >= 0.6 is 0 Å². The highest BCUT2D eigenvalue weighted by Crippen LogP contribution is 2.20. The van der Waals surface area contributed by atoms with Crippen molar-refractivity contribution >= 4 is 0 Å². The van der Waals surface area contributed by atoms with Crippen LogP contribution < -0.4 is 5.32 Å². The Morgan fingerprint density at radius 2 is 2.05 bits per heavy atom. The average molecular weight is 286 g/mol. The first kappa shape index (κ1) is 15.7. The Morgan fingerprint density at radius 1 is 1.29 bits per heavy atom. The van der Waals surface area contributed by atoms with Crippen molar-refractivity contribution in [2.24, 2.45) is 0 Å². The van der Waals surface area contributed by atoms with Gasteiger partial charge in [-0.25, -0.2) is 0 Å². The van der Waals surface area contributed by atoms with Crippen molar-refractivity contribution in [2.45, 2.75) is 53.1 Å². The molecule has 21 heavy (non-hydrogen) atoms. The molecule has 1 N–H and O–H groups in total. The van der Waals surface area contributed by atoms with Gasteiger partial charge in [-0.15, -0.1) is 0 Å². The Morgan fingerprint density at radius 3 is 2.62 bits per heavy atom. The van der Waals surface area contributed by atoms with Gasteiger partial charge in [-0.05, 0) is 51.4 Å². The highest BCUT2D eigenvalue weighted by atomic mass is 15.3. The zero-order chi connectivity index (χ0) is 15.4. The summed E-state index contributed by atoms with van der Waals surface area (Å²) >= 11 is 0. The number of nitrogens with zero attached hydrogens (tertiary/aromatic N) is 3. The third-order valence-electron chi connectivity index (χ3n) is 3.64.